The molecule has 0 saturated heterocycles. The van der Waals surface area contributed by atoms with Crippen molar-refractivity contribution >= 4 is 6.21 Å². The fourth-order valence-corrected chi connectivity index (χ4v) is 0.266. The monoisotopic (exact) mass is 125 g/mol. The average Bonchev–Trinajstić information content (AvgIpc) is 1.89. The topological polar surface area (TPSA) is 50.4 Å². The molecule has 0 amide bonds. The van der Waals surface area contributed by atoms with E-state index >= 15 is 0 Å². The van der Waals surface area contributed by atoms with Crippen LogP contribution in [0, 0.1) is 0 Å². The zero-order chi connectivity index (χ0) is 7.11. The van der Waals surface area contributed by atoms with Crippen molar-refractivity contribution in [3.8, 4) is 0 Å². The van der Waals surface area contributed by atoms with Gasteiger partial charge in [-0.15, -0.1) is 0 Å². The van der Waals surface area contributed by atoms with Crippen molar-refractivity contribution in [1.29, 1.82) is 0 Å². The second-order valence-corrected chi connectivity index (χ2v) is 1.52. The molecule has 0 unspecified atom stereocenters. The van der Waals surface area contributed by atoms with Crippen molar-refractivity contribution in [2.24, 2.45) is 10.9 Å². The van der Waals surface area contributed by atoms with Gasteiger partial charge >= 0.3 is 0 Å². The van der Waals surface area contributed by atoms with E-state index < -0.39 is 0 Å². The van der Waals surface area contributed by atoms with Gasteiger partial charge in [-0.1, -0.05) is 18.2 Å². The van der Waals surface area contributed by atoms with Crippen LogP contribution in [0.1, 0.15) is 6.92 Å². The molecule has 0 aliphatic carbocycles. The first kappa shape index (κ1) is 7.91. The molecule has 0 aromatic carbocycles. The van der Waals surface area contributed by atoms with Gasteiger partial charge in [0, 0.05) is 6.21 Å². The van der Waals surface area contributed by atoms with Gasteiger partial charge in [-0.2, -0.15) is 5.10 Å². The first-order valence-corrected chi connectivity index (χ1v) is 2.59. The van der Waals surface area contributed by atoms with E-state index in [1.165, 1.54) is 0 Å². The number of nitrogens with zero attached hydrogens (tertiary/aromatic N) is 1. The molecule has 0 rings (SSSR count). The molecule has 0 heterocycles. The minimum Gasteiger partial charge on any atom is -0.246 e. The maximum Gasteiger partial charge on any atom is 0.0486 e. The van der Waals surface area contributed by atoms with Gasteiger partial charge in [0.25, 0.3) is 0 Å². The molecule has 50 valence electrons. The summed E-state index contributed by atoms with van der Waals surface area (Å²) in [6, 6.07) is 0. The number of hydrazine groups is 1. The molecule has 0 atom stereocenters. The van der Waals surface area contributed by atoms with E-state index in [4.69, 9.17) is 5.84 Å². The molecule has 0 bridgehead atoms. The molecule has 0 aliphatic rings. The summed E-state index contributed by atoms with van der Waals surface area (Å²) in [7, 11) is 0. The SMILES string of the molecule is C=C/C(C)=C\C=N/NN. The van der Waals surface area contributed by atoms with Crippen LogP contribution in [0.15, 0.2) is 29.4 Å². The van der Waals surface area contributed by atoms with Crippen molar-refractivity contribution in [3.63, 3.8) is 0 Å². The Balaban J connectivity index is 3.68. The third kappa shape index (κ3) is 4.77. The Bertz CT molecular complexity index is 135. The molecular weight excluding hydrogens is 114 g/mol. The van der Waals surface area contributed by atoms with Crippen molar-refractivity contribution < 1.29 is 0 Å². The molecule has 9 heavy (non-hydrogen) atoms. The van der Waals surface area contributed by atoms with Gasteiger partial charge in [-0.3, -0.25) is 0 Å². The molecule has 3 nitrogen and oxygen atoms in total. The normalized spacial score (nSPS) is 12.0. The Morgan fingerprint density at radius 2 is 2.44 bits per heavy atom. The minimum absolute atomic E-state index is 1.05. The number of allylic oxidation sites excluding steroid dienone is 3. The molecular formula is C6H11N3. The van der Waals surface area contributed by atoms with Gasteiger partial charge in [0.15, 0.2) is 0 Å². The Labute approximate surface area is 54.9 Å². The molecule has 0 saturated carbocycles. The highest BCUT2D eigenvalue weighted by atomic mass is 15.5. The summed E-state index contributed by atoms with van der Waals surface area (Å²) in [6.45, 7) is 5.48. The first-order valence-electron chi connectivity index (χ1n) is 2.59. The number of nitrogens with two attached hydrogens (primary N) is 1. The standard InChI is InChI=1S/C6H11N3/c1-3-6(2)4-5-8-9-7/h3-5,9H,1,7H2,2H3/b6-4-,8-5-. The van der Waals surface area contributed by atoms with Crippen LogP contribution in [0.4, 0.5) is 0 Å². The summed E-state index contributed by atoms with van der Waals surface area (Å²) in [5, 5.41) is 3.54. The van der Waals surface area contributed by atoms with Crippen LogP contribution < -0.4 is 11.4 Å². The number of hydrogen-bond acceptors (Lipinski definition) is 3. The van der Waals surface area contributed by atoms with Gasteiger partial charge < -0.3 is 0 Å². The predicted molar refractivity (Wildman–Crippen MR) is 39.8 cm³/mol. The smallest absolute Gasteiger partial charge is 0.0486 e. The van der Waals surface area contributed by atoms with Gasteiger partial charge in [0.2, 0.25) is 0 Å². The lowest BCUT2D eigenvalue weighted by atomic mass is 10.3. The Morgan fingerprint density at radius 3 is 2.89 bits per heavy atom. The molecule has 3 heteroatoms. The molecule has 3 N–H and O–H groups in total. The van der Waals surface area contributed by atoms with Crippen LogP contribution in [0.2, 0.25) is 0 Å². The van der Waals surface area contributed by atoms with Crippen molar-refractivity contribution in [1.82, 2.24) is 5.53 Å². The van der Waals surface area contributed by atoms with Crippen molar-refractivity contribution in [2.75, 3.05) is 0 Å². The van der Waals surface area contributed by atoms with E-state index in [1.807, 2.05) is 6.92 Å². The van der Waals surface area contributed by atoms with Crippen LogP contribution in [0.5, 0.6) is 0 Å². The second kappa shape index (κ2) is 5.05. The summed E-state index contributed by atoms with van der Waals surface area (Å²) in [4.78, 5) is 0. The Hall–Kier alpha value is -1.09. The second-order valence-electron chi connectivity index (χ2n) is 1.52. The van der Waals surface area contributed by atoms with E-state index in [-0.39, 0.29) is 0 Å². The number of nitrogens with one attached hydrogen (secondary N) is 1. The molecule has 0 fully saturated rings. The lowest BCUT2D eigenvalue weighted by Gasteiger charge is -1.84. The van der Waals surface area contributed by atoms with Gasteiger partial charge in [-0.25, -0.2) is 11.4 Å². The Morgan fingerprint density at radius 1 is 1.78 bits per heavy atom. The van der Waals surface area contributed by atoms with Crippen LogP contribution >= 0.6 is 0 Å². The summed E-state index contributed by atoms with van der Waals surface area (Å²) < 4.78 is 0. The summed E-state index contributed by atoms with van der Waals surface area (Å²) in [5.41, 5.74) is 3.19. The minimum atomic E-state index is 1.05. The lowest BCUT2D eigenvalue weighted by Crippen LogP contribution is -2.13. The number of hydrogen-bond donors (Lipinski definition) is 2. The van der Waals surface area contributed by atoms with E-state index in [0.717, 1.165) is 5.57 Å². The summed E-state index contributed by atoms with van der Waals surface area (Å²) in [5.74, 6) is 4.85. The van der Waals surface area contributed by atoms with Crippen molar-refractivity contribution in [3.05, 3.63) is 24.3 Å². The van der Waals surface area contributed by atoms with Crippen LogP contribution in [-0.4, -0.2) is 6.21 Å². The van der Waals surface area contributed by atoms with Crippen molar-refractivity contribution in [2.45, 2.75) is 6.92 Å². The fourth-order valence-electron chi connectivity index (χ4n) is 0.266. The zero-order valence-electron chi connectivity index (χ0n) is 5.46. The number of hydrazone groups is 1. The van der Waals surface area contributed by atoms with E-state index in [1.54, 1.807) is 18.4 Å². The van der Waals surface area contributed by atoms with E-state index in [0.29, 0.717) is 0 Å². The third-order valence-corrected chi connectivity index (χ3v) is 0.808. The third-order valence-electron chi connectivity index (χ3n) is 0.808. The fraction of sp³-hybridized carbons (Fsp3) is 0.167. The number of rotatable bonds is 3. The summed E-state index contributed by atoms with van der Waals surface area (Å²) >= 11 is 0. The van der Waals surface area contributed by atoms with Gasteiger partial charge in [0.1, 0.15) is 0 Å². The maximum absolute atomic E-state index is 4.85. The molecule has 0 radical (unpaired) electrons. The first-order chi connectivity index (χ1) is 4.31. The van der Waals surface area contributed by atoms with E-state index in [2.05, 4.69) is 17.2 Å². The molecule has 0 aromatic rings. The Kier molecular flexibility index (Phi) is 4.44. The van der Waals surface area contributed by atoms with Crippen LogP contribution in [-0.2, 0) is 0 Å². The van der Waals surface area contributed by atoms with Crippen LogP contribution in [0.3, 0.4) is 0 Å². The molecule has 0 spiro atoms. The quantitative estimate of drug-likeness (QED) is 0.251. The largest absolute Gasteiger partial charge is 0.246 e. The van der Waals surface area contributed by atoms with E-state index in [9.17, 15) is 0 Å². The van der Waals surface area contributed by atoms with Gasteiger partial charge in [-0.05, 0) is 13.0 Å². The highest BCUT2D eigenvalue weighted by Gasteiger charge is 1.72. The zero-order valence-corrected chi connectivity index (χ0v) is 5.46. The van der Waals surface area contributed by atoms with Gasteiger partial charge in [0.05, 0.1) is 0 Å². The maximum atomic E-state index is 4.85. The predicted octanol–water partition coefficient (Wildman–Crippen LogP) is 0.568. The highest BCUT2D eigenvalue weighted by molar-refractivity contribution is 5.72. The lowest BCUT2D eigenvalue weighted by molar-refractivity contribution is 0.811. The average molecular weight is 125 g/mol. The highest BCUT2D eigenvalue weighted by Crippen LogP contribution is 1.88. The van der Waals surface area contributed by atoms with Crippen LogP contribution in [0.25, 0.3) is 0 Å². The summed E-state index contributed by atoms with van der Waals surface area (Å²) in [6.07, 6.45) is 5.10. The molecule has 0 aliphatic heterocycles. The molecule has 0 aromatic heterocycles.